The van der Waals surface area contributed by atoms with Crippen LogP contribution in [0.1, 0.15) is 0 Å². The fraction of sp³-hybridized carbons (Fsp3) is 0. The van der Waals surface area contributed by atoms with Crippen LogP contribution in [0.5, 0.6) is 0 Å². The van der Waals surface area contributed by atoms with E-state index in [9.17, 15) is 0 Å². The topological polar surface area (TPSA) is 90.7 Å². The fourth-order valence-electron chi connectivity index (χ4n) is 1.57. The minimum atomic E-state index is 0.392. The van der Waals surface area contributed by atoms with Crippen LogP contribution in [-0.4, -0.2) is 20.3 Å². The summed E-state index contributed by atoms with van der Waals surface area (Å²) in [5, 5.41) is 11.4. The van der Waals surface area contributed by atoms with Gasteiger partial charge in [0.05, 0.1) is 18.0 Å². The second-order valence-electron chi connectivity index (χ2n) is 3.64. The van der Waals surface area contributed by atoms with E-state index in [0.29, 0.717) is 17.4 Å². The van der Waals surface area contributed by atoms with Crippen molar-refractivity contribution in [2.75, 3.05) is 5.73 Å². The van der Waals surface area contributed by atoms with E-state index in [2.05, 4.69) is 20.3 Å². The first-order valence-corrected chi connectivity index (χ1v) is 5.30. The van der Waals surface area contributed by atoms with Gasteiger partial charge in [-0.1, -0.05) is 17.3 Å². The first-order chi connectivity index (χ1) is 8.84. The van der Waals surface area contributed by atoms with Crippen LogP contribution in [0, 0.1) is 0 Å². The molecule has 0 fully saturated rings. The van der Waals surface area contributed by atoms with Crippen molar-refractivity contribution in [3.05, 3.63) is 42.7 Å². The molecule has 0 saturated carbocycles. The van der Waals surface area contributed by atoms with Gasteiger partial charge >= 0.3 is 0 Å². The Labute approximate surface area is 102 Å². The summed E-state index contributed by atoms with van der Waals surface area (Å²) in [4.78, 5) is 4.29. The number of para-hydroxylation sites is 1. The van der Waals surface area contributed by atoms with Gasteiger partial charge in [-0.3, -0.25) is 0 Å². The summed E-state index contributed by atoms with van der Waals surface area (Å²) in [6.45, 7) is 0. The molecule has 0 spiro atoms. The number of aromatic nitrogens is 4. The summed E-state index contributed by atoms with van der Waals surface area (Å²) >= 11 is 0. The zero-order valence-electron chi connectivity index (χ0n) is 9.32. The summed E-state index contributed by atoms with van der Waals surface area (Å²) in [6, 6.07) is 9.11. The number of anilines is 1. The molecule has 2 N–H and O–H groups in total. The van der Waals surface area contributed by atoms with Crippen molar-refractivity contribution in [1.29, 1.82) is 0 Å². The van der Waals surface area contributed by atoms with Crippen LogP contribution in [0.25, 0.3) is 22.8 Å². The number of hydrogen-bond donors (Lipinski definition) is 1. The molecule has 2 heterocycles. The molecule has 18 heavy (non-hydrogen) atoms. The molecule has 1 aromatic carbocycles. The minimum Gasteiger partial charge on any atom is -0.398 e. The van der Waals surface area contributed by atoms with Gasteiger partial charge in [-0.25, -0.2) is 0 Å². The highest BCUT2D eigenvalue weighted by Gasteiger charge is 2.12. The Morgan fingerprint density at radius 1 is 1.06 bits per heavy atom. The maximum absolute atomic E-state index is 5.86. The first kappa shape index (κ1) is 10.4. The average Bonchev–Trinajstić information content (AvgIpc) is 2.90. The van der Waals surface area contributed by atoms with Gasteiger partial charge in [-0.2, -0.15) is 15.2 Å². The molecule has 0 bridgehead atoms. The Balaban J connectivity index is 2.03. The van der Waals surface area contributed by atoms with Gasteiger partial charge in [-0.05, 0) is 18.2 Å². The zero-order valence-corrected chi connectivity index (χ0v) is 9.32. The van der Waals surface area contributed by atoms with Gasteiger partial charge in [0.2, 0.25) is 5.82 Å². The molecular formula is C12H9N5O. The third-order valence-electron chi connectivity index (χ3n) is 2.46. The Morgan fingerprint density at radius 2 is 1.94 bits per heavy atom. The molecule has 0 amide bonds. The molecule has 6 heteroatoms. The van der Waals surface area contributed by atoms with E-state index in [0.717, 1.165) is 11.1 Å². The number of rotatable bonds is 2. The van der Waals surface area contributed by atoms with E-state index in [-0.39, 0.29) is 0 Å². The quantitative estimate of drug-likeness (QED) is 0.685. The van der Waals surface area contributed by atoms with E-state index < -0.39 is 0 Å². The van der Waals surface area contributed by atoms with Crippen molar-refractivity contribution in [3.63, 3.8) is 0 Å². The largest absolute Gasteiger partial charge is 0.398 e. The highest BCUT2D eigenvalue weighted by molar-refractivity contribution is 5.71. The SMILES string of the molecule is Nc1ccccc1-c1noc(-c2ccnnc2)n1. The molecule has 0 aliphatic carbocycles. The van der Waals surface area contributed by atoms with Crippen molar-refractivity contribution < 1.29 is 4.52 Å². The Hall–Kier alpha value is -2.76. The number of nitrogens with zero attached hydrogens (tertiary/aromatic N) is 4. The van der Waals surface area contributed by atoms with E-state index in [4.69, 9.17) is 10.3 Å². The molecule has 3 aromatic rings. The van der Waals surface area contributed by atoms with E-state index >= 15 is 0 Å². The van der Waals surface area contributed by atoms with Crippen LogP contribution < -0.4 is 5.73 Å². The van der Waals surface area contributed by atoms with Crippen LogP contribution in [0.15, 0.2) is 47.2 Å². The van der Waals surface area contributed by atoms with E-state index in [1.807, 2.05) is 18.2 Å². The molecule has 0 atom stereocenters. The lowest BCUT2D eigenvalue weighted by atomic mass is 10.2. The molecule has 0 saturated heterocycles. The molecule has 3 rings (SSSR count). The van der Waals surface area contributed by atoms with Crippen LogP contribution in [0.3, 0.4) is 0 Å². The number of nitrogens with two attached hydrogens (primary N) is 1. The van der Waals surface area contributed by atoms with Crippen LogP contribution in [0.4, 0.5) is 5.69 Å². The fourth-order valence-corrected chi connectivity index (χ4v) is 1.57. The Kier molecular flexibility index (Phi) is 2.45. The molecule has 0 unspecified atom stereocenters. The summed E-state index contributed by atoms with van der Waals surface area (Å²) in [5.41, 5.74) is 7.93. The third kappa shape index (κ3) is 1.80. The standard InChI is InChI=1S/C12H9N5O/c13-10-4-2-1-3-9(10)11-16-12(18-17-11)8-5-6-14-15-7-8/h1-7H,13H2. The van der Waals surface area contributed by atoms with Crippen molar-refractivity contribution in [3.8, 4) is 22.8 Å². The smallest absolute Gasteiger partial charge is 0.259 e. The van der Waals surface area contributed by atoms with E-state index in [1.165, 1.54) is 0 Å². The minimum absolute atomic E-state index is 0.392. The normalized spacial score (nSPS) is 10.4. The average molecular weight is 239 g/mol. The lowest BCUT2D eigenvalue weighted by molar-refractivity contribution is 0.432. The molecule has 0 aliphatic heterocycles. The predicted octanol–water partition coefficient (Wildman–Crippen LogP) is 1.78. The lowest BCUT2D eigenvalue weighted by Gasteiger charge is -1.97. The number of hydrogen-bond acceptors (Lipinski definition) is 6. The van der Waals surface area contributed by atoms with Gasteiger partial charge in [0, 0.05) is 11.3 Å². The summed E-state index contributed by atoms with van der Waals surface area (Å²) in [7, 11) is 0. The first-order valence-electron chi connectivity index (χ1n) is 5.30. The molecule has 0 radical (unpaired) electrons. The van der Waals surface area contributed by atoms with Gasteiger partial charge < -0.3 is 10.3 Å². The van der Waals surface area contributed by atoms with Gasteiger partial charge in [0.1, 0.15) is 0 Å². The molecule has 88 valence electrons. The highest BCUT2D eigenvalue weighted by Crippen LogP contribution is 2.25. The molecule has 2 aromatic heterocycles. The van der Waals surface area contributed by atoms with Crippen molar-refractivity contribution >= 4 is 5.69 Å². The summed E-state index contributed by atoms with van der Waals surface area (Å²) in [6.07, 6.45) is 3.13. The van der Waals surface area contributed by atoms with E-state index in [1.54, 1.807) is 24.5 Å². The highest BCUT2D eigenvalue weighted by atomic mass is 16.5. The predicted molar refractivity (Wildman–Crippen MR) is 65.2 cm³/mol. The van der Waals surface area contributed by atoms with Crippen LogP contribution in [0.2, 0.25) is 0 Å². The maximum Gasteiger partial charge on any atom is 0.259 e. The second-order valence-corrected chi connectivity index (χ2v) is 3.64. The van der Waals surface area contributed by atoms with Gasteiger partial charge in [0.25, 0.3) is 5.89 Å². The van der Waals surface area contributed by atoms with Crippen LogP contribution in [-0.2, 0) is 0 Å². The summed E-state index contributed by atoms with van der Waals surface area (Å²) < 4.78 is 5.18. The van der Waals surface area contributed by atoms with Crippen molar-refractivity contribution in [2.24, 2.45) is 0 Å². The lowest BCUT2D eigenvalue weighted by Crippen LogP contribution is -1.90. The molecular weight excluding hydrogens is 230 g/mol. The summed E-state index contributed by atoms with van der Waals surface area (Å²) in [5.74, 6) is 0.850. The zero-order chi connectivity index (χ0) is 12.4. The van der Waals surface area contributed by atoms with Gasteiger partial charge in [-0.15, -0.1) is 0 Å². The monoisotopic (exact) mass is 239 g/mol. The van der Waals surface area contributed by atoms with Crippen molar-refractivity contribution in [2.45, 2.75) is 0 Å². The number of benzene rings is 1. The Bertz CT molecular complexity index is 665. The number of nitrogen functional groups attached to an aromatic ring is 1. The Morgan fingerprint density at radius 3 is 2.72 bits per heavy atom. The maximum atomic E-state index is 5.86. The van der Waals surface area contributed by atoms with Crippen LogP contribution >= 0.6 is 0 Å². The molecule has 6 nitrogen and oxygen atoms in total. The van der Waals surface area contributed by atoms with Crippen molar-refractivity contribution in [1.82, 2.24) is 20.3 Å². The van der Waals surface area contributed by atoms with Gasteiger partial charge in [0.15, 0.2) is 0 Å². The second kappa shape index (κ2) is 4.25. The molecule has 0 aliphatic rings. The third-order valence-corrected chi connectivity index (χ3v) is 2.46.